The van der Waals surface area contributed by atoms with Crippen molar-refractivity contribution in [2.45, 2.75) is 25.7 Å². The number of hydrogen-bond acceptors (Lipinski definition) is 1. The van der Waals surface area contributed by atoms with Crippen molar-refractivity contribution in [1.29, 1.82) is 0 Å². The minimum absolute atomic E-state index is 0.252. The molecule has 0 bridgehead atoms. The van der Waals surface area contributed by atoms with Crippen LogP contribution in [0.1, 0.15) is 36.8 Å². The first-order chi connectivity index (χ1) is 9.15. The summed E-state index contributed by atoms with van der Waals surface area (Å²) in [6.45, 7) is 8.40. The van der Waals surface area contributed by atoms with Gasteiger partial charge in [-0.05, 0) is 36.2 Å². The quantitative estimate of drug-likeness (QED) is 0.693. The molecule has 2 atom stereocenters. The van der Waals surface area contributed by atoms with Crippen LogP contribution < -0.4 is 0 Å². The van der Waals surface area contributed by atoms with Crippen molar-refractivity contribution in [3.8, 4) is 0 Å². The van der Waals surface area contributed by atoms with Crippen LogP contribution in [0, 0.1) is 0 Å². The Morgan fingerprint density at radius 3 is 2.68 bits per heavy atom. The van der Waals surface area contributed by atoms with Crippen LogP contribution in [0.2, 0.25) is 0 Å². The van der Waals surface area contributed by atoms with Gasteiger partial charge < -0.3 is 4.74 Å². The van der Waals surface area contributed by atoms with Crippen LogP contribution >= 0.6 is 11.6 Å². The van der Waals surface area contributed by atoms with E-state index in [0.29, 0.717) is 12.5 Å². The highest BCUT2D eigenvalue weighted by molar-refractivity contribution is 6.27. The van der Waals surface area contributed by atoms with Gasteiger partial charge in [-0.1, -0.05) is 55.0 Å². The van der Waals surface area contributed by atoms with Crippen molar-refractivity contribution in [3.63, 3.8) is 0 Å². The SMILES string of the molecule is C=C(Cl)OCC1/C(=C/C=C\C)C(C)c2ccccc21. The highest BCUT2D eigenvalue weighted by Gasteiger charge is 2.32. The summed E-state index contributed by atoms with van der Waals surface area (Å²) in [6.07, 6.45) is 6.32. The molecule has 1 aliphatic carbocycles. The zero-order valence-electron chi connectivity index (χ0n) is 11.4. The largest absolute Gasteiger partial charge is 0.482 e. The maximum atomic E-state index is 5.72. The van der Waals surface area contributed by atoms with Crippen LogP contribution in [-0.4, -0.2) is 6.61 Å². The van der Waals surface area contributed by atoms with Crippen molar-refractivity contribution >= 4 is 11.6 Å². The second-order valence-electron chi connectivity index (χ2n) is 4.76. The summed E-state index contributed by atoms with van der Waals surface area (Å²) in [5, 5.41) is 0.252. The van der Waals surface area contributed by atoms with Crippen LogP contribution in [0.15, 0.2) is 59.9 Å². The minimum atomic E-state index is 0.252. The molecule has 1 nitrogen and oxygen atoms in total. The molecular weight excluding hydrogens is 256 g/mol. The number of hydrogen-bond donors (Lipinski definition) is 0. The summed E-state index contributed by atoms with van der Waals surface area (Å²) in [6, 6.07) is 8.53. The predicted molar refractivity (Wildman–Crippen MR) is 81.4 cm³/mol. The molecule has 0 fully saturated rings. The third kappa shape index (κ3) is 2.93. The van der Waals surface area contributed by atoms with Gasteiger partial charge in [0.15, 0.2) is 5.22 Å². The van der Waals surface area contributed by atoms with Crippen LogP contribution in [0.5, 0.6) is 0 Å². The number of allylic oxidation sites excluding steroid dienone is 3. The Hall–Kier alpha value is -1.47. The molecule has 0 spiro atoms. The van der Waals surface area contributed by atoms with Gasteiger partial charge in [0.25, 0.3) is 0 Å². The van der Waals surface area contributed by atoms with E-state index in [1.54, 1.807) is 0 Å². The van der Waals surface area contributed by atoms with Crippen LogP contribution in [0.25, 0.3) is 0 Å². The lowest BCUT2D eigenvalue weighted by Crippen LogP contribution is -2.06. The smallest absolute Gasteiger partial charge is 0.179 e. The minimum Gasteiger partial charge on any atom is -0.482 e. The second kappa shape index (κ2) is 6.12. The zero-order chi connectivity index (χ0) is 13.8. The molecule has 0 heterocycles. The van der Waals surface area contributed by atoms with Crippen LogP contribution in [-0.2, 0) is 4.74 Å². The highest BCUT2D eigenvalue weighted by Crippen LogP contribution is 2.46. The second-order valence-corrected chi connectivity index (χ2v) is 5.18. The van der Waals surface area contributed by atoms with Gasteiger partial charge in [0.1, 0.15) is 0 Å². The molecular formula is C17H19ClO. The Labute approximate surface area is 120 Å². The first-order valence-electron chi connectivity index (χ1n) is 6.54. The molecule has 2 heteroatoms. The van der Waals surface area contributed by atoms with E-state index in [2.05, 4.69) is 49.9 Å². The van der Waals surface area contributed by atoms with Crippen molar-refractivity contribution < 1.29 is 4.74 Å². The zero-order valence-corrected chi connectivity index (χ0v) is 12.2. The maximum absolute atomic E-state index is 5.72. The summed E-state index contributed by atoms with van der Waals surface area (Å²) in [5.41, 5.74) is 4.09. The van der Waals surface area contributed by atoms with Gasteiger partial charge in [0, 0.05) is 11.8 Å². The lowest BCUT2D eigenvalue weighted by molar-refractivity contribution is 0.226. The fourth-order valence-corrected chi connectivity index (χ4v) is 2.77. The molecule has 2 rings (SSSR count). The summed E-state index contributed by atoms with van der Waals surface area (Å²) >= 11 is 5.72. The van der Waals surface area contributed by atoms with E-state index in [-0.39, 0.29) is 11.1 Å². The third-order valence-electron chi connectivity index (χ3n) is 3.63. The normalized spacial score (nSPS) is 23.8. The first-order valence-corrected chi connectivity index (χ1v) is 6.91. The van der Waals surface area contributed by atoms with Gasteiger partial charge in [-0.15, -0.1) is 0 Å². The number of fused-ring (bicyclic) bond motifs is 1. The van der Waals surface area contributed by atoms with Gasteiger partial charge in [0.05, 0.1) is 6.61 Å². The molecule has 0 aromatic heterocycles. The van der Waals surface area contributed by atoms with E-state index < -0.39 is 0 Å². The number of benzene rings is 1. The van der Waals surface area contributed by atoms with Gasteiger partial charge in [0.2, 0.25) is 0 Å². The molecule has 19 heavy (non-hydrogen) atoms. The Balaban J connectivity index is 2.36. The molecule has 0 radical (unpaired) electrons. The van der Waals surface area contributed by atoms with E-state index in [9.17, 15) is 0 Å². The van der Waals surface area contributed by atoms with Crippen LogP contribution in [0.3, 0.4) is 0 Å². The standard InChI is InChI=1S/C17H19ClO/c1-4-5-8-15-12(2)14-9-6-7-10-16(14)17(15)11-19-13(3)18/h4-10,12,17H,3,11H2,1-2H3/b5-4-,15-8+. The average Bonchev–Trinajstić information content (AvgIpc) is 2.67. The van der Waals surface area contributed by atoms with Crippen LogP contribution in [0.4, 0.5) is 0 Å². The van der Waals surface area contributed by atoms with Crippen molar-refractivity contribution in [2.24, 2.45) is 0 Å². The topological polar surface area (TPSA) is 9.23 Å². The molecule has 1 aromatic rings. The summed E-state index contributed by atoms with van der Waals surface area (Å²) in [7, 11) is 0. The van der Waals surface area contributed by atoms with E-state index in [0.717, 1.165) is 0 Å². The average molecular weight is 275 g/mol. The lowest BCUT2D eigenvalue weighted by Gasteiger charge is -2.15. The molecule has 100 valence electrons. The Bertz CT molecular complexity index is 528. The molecule has 0 saturated heterocycles. The molecule has 0 saturated carbocycles. The van der Waals surface area contributed by atoms with E-state index in [1.165, 1.54) is 16.7 Å². The monoisotopic (exact) mass is 274 g/mol. The van der Waals surface area contributed by atoms with E-state index in [1.807, 2.05) is 13.0 Å². The van der Waals surface area contributed by atoms with Crippen molar-refractivity contribution in [1.82, 2.24) is 0 Å². The lowest BCUT2D eigenvalue weighted by atomic mass is 9.95. The Morgan fingerprint density at radius 2 is 2.05 bits per heavy atom. The predicted octanol–water partition coefficient (Wildman–Crippen LogP) is 5.12. The van der Waals surface area contributed by atoms with Gasteiger partial charge in [-0.3, -0.25) is 0 Å². The summed E-state index contributed by atoms with van der Waals surface area (Å²) in [4.78, 5) is 0. The van der Waals surface area contributed by atoms with E-state index >= 15 is 0 Å². The molecule has 0 aliphatic heterocycles. The maximum Gasteiger partial charge on any atom is 0.179 e. The molecule has 1 aromatic carbocycles. The number of halogens is 1. The molecule has 1 aliphatic rings. The van der Waals surface area contributed by atoms with Gasteiger partial charge in [-0.2, -0.15) is 0 Å². The molecule has 0 amide bonds. The summed E-state index contributed by atoms with van der Waals surface area (Å²) in [5.74, 6) is 0.683. The van der Waals surface area contributed by atoms with Gasteiger partial charge >= 0.3 is 0 Å². The summed E-state index contributed by atoms with van der Waals surface area (Å²) < 4.78 is 5.45. The Morgan fingerprint density at radius 1 is 1.37 bits per heavy atom. The first kappa shape index (κ1) is 14.0. The number of ether oxygens (including phenoxy) is 1. The van der Waals surface area contributed by atoms with Crippen molar-refractivity contribution in [2.75, 3.05) is 6.61 Å². The number of rotatable bonds is 4. The molecule has 0 N–H and O–H groups in total. The van der Waals surface area contributed by atoms with E-state index in [4.69, 9.17) is 16.3 Å². The molecule has 2 unspecified atom stereocenters. The highest BCUT2D eigenvalue weighted by atomic mass is 35.5. The third-order valence-corrected chi connectivity index (χ3v) is 3.74. The Kier molecular flexibility index (Phi) is 4.49. The fraction of sp³-hybridized carbons (Fsp3) is 0.294. The fourth-order valence-electron chi connectivity index (χ4n) is 2.71. The van der Waals surface area contributed by atoms with Crippen molar-refractivity contribution in [3.05, 3.63) is 71.0 Å². The van der Waals surface area contributed by atoms with Gasteiger partial charge in [-0.25, -0.2) is 0 Å².